The summed E-state index contributed by atoms with van der Waals surface area (Å²) < 4.78 is 5.86. The molecule has 0 aliphatic carbocycles. The Bertz CT molecular complexity index is 870. The van der Waals surface area contributed by atoms with Crippen molar-refractivity contribution in [3.8, 4) is 0 Å². The van der Waals surface area contributed by atoms with Gasteiger partial charge in [0.05, 0.1) is 24.0 Å². The predicted molar refractivity (Wildman–Crippen MR) is 90.7 cm³/mol. The second-order valence-electron chi connectivity index (χ2n) is 6.57. The van der Waals surface area contributed by atoms with Gasteiger partial charge in [-0.25, -0.2) is 4.98 Å². The van der Waals surface area contributed by atoms with Crippen LogP contribution in [0.15, 0.2) is 35.4 Å². The molecule has 3 rings (SSSR count). The second kappa shape index (κ2) is 5.32. The Balaban J connectivity index is 1.95. The van der Waals surface area contributed by atoms with Gasteiger partial charge in [0.25, 0.3) is 5.56 Å². The monoisotopic (exact) mass is 313 g/mol. The minimum atomic E-state index is -0.0175. The summed E-state index contributed by atoms with van der Waals surface area (Å²) in [5.41, 5.74) is 3.26. The number of hydrogen-bond donors (Lipinski definition) is 0. The molecule has 0 spiro atoms. The quantitative estimate of drug-likeness (QED) is 0.727. The van der Waals surface area contributed by atoms with E-state index in [9.17, 15) is 4.79 Å². The Morgan fingerprint density at radius 2 is 1.86 bits per heavy atom. The normalized spacial score (nSPS) is 12.0. The van der Waals surface area contributed by atoms with Crippen molar-refractivity contribution in [3.63, 3.8) is 0 Å². The van der Waals surface area contributed by atoms with E-state index in [4.69, 9.17) is 0 Å². The topological polar surface area (TPSA) is 47.8 Å². The van der Waals surface area contributed by atoms with E-state index in [1.54, 1.807) is 10.9 Å². The molecule has 0 amide bonds. The first-order valence-electron chi connectivity index (χ1n) is 7.27. The molecule has 3 aromatic rings. The molecule has 0 N–H and O–H groups in total. The second-order valence-corrected chi connectivity index (χ2v) is 7.32. The lowest BCUT2D eigenvalue weighted by Gasteiger charge is -2.19. The average molecular weight is 313 g/mol. The molecule has 0 bridgehead atoms. The SMILES string of the molecule is Cc1nsc2ncn(Cc3ccc(C(C)(C)C)cc3)c(=O)c12. The summed E-state index contributed by atoms with van der Waals surface area (Å²) in [5.74, 6) is 0. The fourth-order valence-corrected chi connectivity index (χ4v) is 3.17. The summed E-state index contributed by atoms with van der Waals surface area (Å²) in [6, 6.07) is 8.42. The number of benzene rings is 1. The molecule has 2 heterocycles. The molecule has 0 aliphatic rings. The number of hydrogen-bond acceptors (Lipinski definition) is 4. The van der Waals surface area contributed by atoms with Gasteiger partial charge >= 0.3 is 0 Å². The lowest BCUT2D eigenvalue weighted by atomic mass is 9.87. The van der Waals surface area contributed by atoms with E-state index < -0.39 is 0 Å². The van der Waals surface area contributed by atoms with Gasteiger partial charge in [-0.05, 0) is 35.0 Å². The highest BCUT2D eigenvalue weighted by Crippen LogP contribution is 2.22. The van der Waals surface area contributed by atoms with Gasteiger partial charge in [-0.15, -0.1) is 0 Å². The Kier molecular flexibility index (Phi) is 3.60. The van der Waals surface area contributed by atoms with Crippen LogP contribution in [-0.4, -0.2) is 13.9 Å². The fraction of sp³-hybridized carbons (Fsp3) is 0.353. The summed E-state index contributed by atoms with van der Waals surface area (Å²) in [6.45, 7) is 8.95. The van der Waals surface area contributed by atoms with Gasteiger partial charge in [-0.1, -0.05) is 45.0 Å². The van der Waals surface area contributed by atoms with Crippen LogP contribution in [0.25, 0.3) is 10.2 Å². The number of rotatable bonds is 2. The van der Waals surface area contributed by atoms with E-state index in [0.29, 0.717) is 16.8 Å². The van der Waals surface area contributed by atoms with Gasteiger partial charge in [-0.3, -0.25) is 9.36 Å². The lowest BCUT2D eigenvalue weighted by molar-refractivity contribution is 0.589. The highest BCUT2D eigenvalue weighted by Gasteiger charge is 2.14. The van der Waals surface area contributed by atoms with Crippen molar-refractivity contribution in [2.75, 3.05) is 0 Å². The van der Waals surface area contributed by atoms with Crippen molar-refractivity contribution >= 4 is 21.7 Å². The first-order valence-corrected chi connectivity index (χ1v) is 8.04. The van der Waals surface area contributed by atoms with Gasteiger partial charge in [0.1, 0.15) is 0 Å². The molecule has 2 aromatic heterocycles. The maximum atomic E-state index is 12.5. The van der Waals surface area contributed by atoms with Crippen molar-refractivity contribution in [3.05, 3.63) is 57.8 Å². The number of aryl methyl sites for hydroxylation is 1. The summed E-state index contributed by atoms with van der Waals surface area (Å²) in [6.07, 6.45) is 1.61. The third-order valence-corrected chi connectivity index (χ3v) is 4.65. The minimum absolute atomic E-state index is 0.0175. The highest BCUT2D eigenvalue weighted by molar-refractivity contribution is 7.12. The minimum Gasteiger partial charge on any atom is -0.294 e. The van der Waals surface area contributed by atoms with Crippen molar-refractivity contribution in [1.82, 2.24) is 13.9 Å². The van der Waals surface area contributed by atoms with Crippen LogP contribution in [0.3, 0.4) is 0 Å². The summed E-state index contributed by atoms with van der Waals surface area (Å²) in [5, 5.41) is 0.638. The molecule has 5 heteroatoms. The van der Waals surface area contributed by atoms with Crippen molar-refractivity contribution in [2.45, 2.75) is 39.7 Å². The molecule has 0 atom stereocenters. The number of fused-ring (bicyclic) bond motifs is 1. The van der Waals surface area contributed by atoms with E-state index in [0.717, 1.165) is 11.3 Å². The van der Waals surface area contributed by atoms with Crippen LogP contribution in [0.4, 0.5) is 0 Å². The molecule has 4 nitrogen and oxygen atoms in total. The van der Waals surface area contributed by atoms with Crippen LogP contribution in [0.5, 0.6) is 0 Å². The maximum Gasteiger partial charge on any atom is 0.264 e. The smallest absolute Gasteiger partial charge is 0.264 e. The molecular formula is C17H19N3OS. The maximum absolute atomic E-state index is 12.5. The number of nitrogens with zero attached hydrogens (tertiary/aromatic N) is 3. The fourth-order valence-electron chi connectivity index (χ4n) is 2.43. The lowest BCUT2D eigenvalue weighted by Crippen LogP contribution is -2.21. The van der Waals surface area contributed by atoms with Gasteiger partial charge in [0, 0.05) is 0 Å². The van der Waals surface area contributed by atoms with Gasteiger partial charge in [0.15, 0.2) is 4.83 Å². The van der Waals surface area contributed by atoms with Crippen LogP contribution < -0.4 is 5.56 Å². The van der Waals surface area contributed by atoms with Crippen molar-refractivity contribution in [2.24, 2.45) is 0 Å². The molecule has 0 unspecified atom stereocenters. The van der Waals surface area contributed by atoms with Crippen LogP contribution >= 0.6 is 11.5 Å². The van der Waals surface area contributed by atoms with E-state index >= 15 is 0 Å². The number of aromatic nitrogens is 3. The average Bonchev–Trinajstić information content (AvgIpc) is 2.84. The zero-order chi connectivity index (χ0) is 15.9. The zero-order valence-corrected chi connectivity index (χ0v) is 14.1. The molecule has 1 aromatic carbocycles. The van der Waals surface area contributed by atoms with Crippen molar-refractivity contribution < 1.29 is 0 Å². The Hall–Kier alpha value is -2.01. The van der Waals surface area contributed by atoms with E-state index in [1.165, 1.54) is 17.1 Å². The van der Waals surface area contributed by atoms with Crippen molar-refractivity contribution in [1.29, 1.82) is 0 Å². The third kappa shape index (κ3) is 2.68. The zero-order valence-electron chi connectivity index (χ0n) is 13.3. The Labute approximate surface area is 133 Å². The first-order chi connectivity index (χ1) is 10.4. The predicted octanol–water partition coefficient (Wildman–Crippen LogP) is 3.51. The van der Waals surface area contributed by atoms with E-state index in [-0.39, 0.29) is 11.0 Å². The van der Waals surface area contributed by atoms with E-state index in [2.05, 4.69) is 54.4 Å². The van der Waals surface area contributed by atoms with Crippen LogP contribution in [-0.2, 0) is 12.0 Å². The summed E-state index contributed by atoms with van der Waals surface area (Å²) in [7, 11) is 0. The molecule has 0 fully saturated rings. The first kappa shape index (κ1) is 14.9. The molecular weight excluding hydrogens is 294 g/mol. The highest BCUT2D eigenvalue weighted by atomic mass is 32.1. The standard InChI is InChI=1S/C17H19N3OS/c1-11-14-15(22-19-11)18-10-20(16(14)21)9-12-5-7-13(8-6-12)17(2,3)4/h5-8,10H,9H2,1-4H3. The largest absolute Gasteiger partial charge is 0.294 e. The molecule has 0 radical (unpaired) electrons. The molecule has 0 saturated carbocycles. The van der Waals surface area contributed by atoms with Crippen LogP contribution in [0, 0.1) is 6.92 Å². The van der Waals surface area contributed by atoms with Crippen LogP contribution in [0.1, 0.15) is 37.6 Å². The Morgan fingerprint density at radius 3 is 2.50 bits per heavy atom. The molecule has 0 saturated heterocycles. The summed E-state index contributed by atoms with van der Waals surface area (Å²) >= 11 is 1.27. The summed E-state index contributed by atoms with van der Waals surface area (Å²) in [4.78, 5) is 17.6. The van der Waals surface area contributed by atoms with Gasteiger partial charge in [0.2, 0.25) is 0 Å². The molecule has 114 valence electrons. The Morgan fingerprint density at radius 1 is 1.18 bits per heavy atom. The van der Waals surface area contributed by atoms with Crippen LogP contribution in [0.2, 0.25) is 0 Å². The molecule has 22 heavy (non-hydrogen) atoms. The molecule has 0 aliphatic heterocycles. The van der Waals surface area contributed by atoms with E-state index in [1.807, 2.05) is 6.92 Å². The van der Waals surface area contributed by atoms with Gasteiger partial charge < -0.3 is 0 Å². The third-order valence-electron chi connectivity index (χ3n) is 3.81. The van der Waals surface area contributed by atoms with Gasteiger partial charge in [-0.2, -0.15) is 4.37 Å².